The number of hydrogen-bond acceptors (Lipinski definition) is 5. The van der Waals surface area contributed by atoms with Gasteiger partial charge in [-0.3, -0.25) is 0 Å². The van der Waals surface area contributed by atoms with Crippen molar-refractivity contribution in [2.24, 2.45) is 0 Å². The van der Waals surface area contributed by atoms with Crippen molar-refractivity contribution in [2.45, 2.75) is 157 Å². The van der Waals surface area contributed by atoms with Crippen LogP contribution in [-0.2, 0) is 5.41 Å². The van der Waals surface area contributed by atoms with E-state index in [9.17, 15) is 0 Å². The Labute approximate surface area is 458 Å². The molecule has 0 bridgehead atoms. The van der Waals surface area contributed by atoms with Gasteiger partial charge in [0, 0.05) is 46.5 Å². The summed E-state index contributed by atoms with van der Waals surface area (Å²) in [5, 5.41) is 0. The second-order valence-corrected chi connectivity index (χ2v) is 20.7. The Kier molecular flexibility index (Phi) is 23.6. The maximum absolute atomic E-state index is 6.38. The van der Waals surface area contributed by atoms with Crippen LogP contribution in [-0.4, -0.2) is 31.4 Å². The summed E-state index contributed by atoms with van der Waals surface area (Å²) in [6.45, 7) is 17.9. The largest absolute Gasteiger partial charge is 0.492 e. The van der Waals surface area contributed by atoms with E-state index >= 15 is 0 Å². The molecule has 394 valence electrons. The van der Waals surface area contributed by atoms with Crippen LogP contribution in [0.2, 0.25) is 0 Å². The van der Waals surface area contributed by atoms with E-state index in [1.165, 1.54) is 31.2 Å². The van der Waals surface area contributed by atoms with Gasteiger partial charge in [0.15, 0.2) is 0 Å². The van der Waals surface area contributed by atoms with Crippen molar-refractivity contribution in [3.8, 4) is 105 Å². The molecule has 0 fully saturated rings. The molecule has 0 N–H and O–H groups in total. The zero-order valence-corrected chi connectivity index (χ0v) is 46.8. The molecule has 0 atom stereocenters. The predicted octanol–water partition coefficient (Wildman–Crippen LogP) is 18.0. The molecule has 0 spiro atoms. The lowest BCUT2D eigenvalue weighted by Crippen LogP contribution is -2.10. The molecule has 5 heteroatoms. The van der Waals surface area contributed by atoms with E-state index in [1.54, 1.807) is 0 Å². The van der Waals surface area contributed by atoms with Crippen LogP contribution >= 0.6 is 0 Å². The minimum absolute atomic E-state index is 0.0253. The quantitative estimate of drug-likeness (QED) is 0.0380. The molecule has 5 aromatic carbocycles. The van der Waals surface area contributed by atoms with Crippen LogP contribution in [0.25, 0.3) is 33.6 Å². The highest BCUT2D eigenvalue weighted by molar-refractivity contribution is 5.78. The van der Waals surface area contributed by atoms with Gasteiger partial charge in [-0.15, -0.1) is 12.8 Å². The van der Waals surface area contributed by atoms with E-state index in [0.29, 0.717) is 60.6 Å². The molecule has 0 saturated heterocycles. The van der Waals surface area contributed by atoms with Gasteiger partial charge in [0.1, 0.15) is 23.0 Å². The third-order valence-electron chi connectivity index (χ3n) is 13.4. The SMILES string of the molecule is C#Cc1cc(OCCCCCC)c(C#Cc2cccc(-c3cc(-c4ccc(C(C)(C)C)cc4)cc(-c4cccc(C#Cc5cc(OCCCCCC)c(C#C)cc5OCCCCCC)c4)n3)c2)cc1OCCCCCC. The number of benzene rings is 5. The van der Waals surface area contributed by atoms with Crippen LogP contribution in [0.4, 0.5) is 0 Å². The number of pyridine rings is 1. The smallest absolute Gasteiger partial charge is 0.136 e. The van der Waals surface area contributed by atoms with Gasteiger partial charge in [-0.05, 0) is 84.2 Å². The van der Waals surface area contributed by atoms with E-state index in [1.807, 2.05) is 48.5 Å². The Morgan fingerprint density at radius 1 is 0.382 bits per heavy atom. The Hall–Kier alpha value is -7.31. The molecule has 0 unspecified atom stereocenters. The highest BCUT2D eigenvalue weighted by Gasteiger charge is 2.16. The molecule has 0 amide bonds. The normalized spacial score (nSPS) is 10.9. The Balaban J connectivity index is 1.38. The average molecular weight is 1010 g/mol. The van der Waals surface area contributed by atoms with E-state index in [4.69, 9.17) is 36.8 Å². The van der Waals surface area contributed by atoms with Gasteiger partial charge >= 0.3 is 0 Å². The fourth-order valence-corrected chi connectivity index (χ4v) is 8.81. The van der Waals surface area contributed by atoms with Gasteiger partial charge in [-0.1, -0.05) is 210 Å². The number of hydrogen-bond donors (Lipinski definition) is 0. The van der Waals surface area contributed by atoms with Crippen molar-refractivity contribution in [1.29, 1.82) is 0 Å². The number of ether oxygens (including phenoxy) is 4. The Morgan fingerprint density at radius 2 is 0.750 bits per heavy atom. The number of nitrogens with zero attached hydrogens (tertiary/aromatic N) is 1. The van der Waals surface area contributed by atoms with Crippen molar-refractivity contribution >= 4 is 0 Å². The van der Waals surface area contributed by atoms with Crippen molar-refractivity contribution < 1.29 is 18.9 Å². The molecular weight excluding hydrogens is 931 g/mol. The van der Waals surface area contributed by atoms with Crippen molar-refractivity contribution in [2.75, 3.05) is 26.4 Å². The molecule has 0 saturated carbocycles. The van der Waals surface area contributed by atoms with Crippen LogP contribution in [0, 0.1) is 48.4 Å². The molecule has 5 nitrogen and oxygen atoms in total. The molecule has 0 aliphatic carbocycles. The van der Waals surface area contributed by atoms with Gasteiger partial charge in [-0.2, -0.15) is 0 Å². The summed E-state index contributed by atoms with van der Waals surface area (Å²) in [6, 6.07) is 37.5. The zero-order valence-electron chi connectivity index (χ0n) is 46.8. The molecule has 0 aliphatic heterocycles. The van der Waals surface area contributed by atoms with Gasteiger partial charge in [-0.25, -0.2) is 4.98 Å². The van der Waals surface area contributed by atoms with Crippen LogP contribution in [0.15, 0.2) is 109 Å². The summed E-state index contributed by atoms with van der Waals surface area (Å²) in [6.07, 6.45) is 29.7. The summed E-state index contributed by atoms with van der Waals surface area (Å²) in [5.74, 6) is 22.2. The summed E-state index contributed by atoms with van der Waals surface area (Å²) < 4.78 is 25.3. The molecule has 1 aromatic heterocycles. The van der Waals surface area contributed by atoms with E-state index in [0.717, 1.165) is 133 Å². The standard InChI is InChI=1S/C71H81NO4/c1-10-16-20-24-42-73-67-52-61(69(50-56(67)14-5)75-44-26-22-18-12-3)36-34-54-30-28-32-59(46-54)65-48-63(58-38-40-64(41-39-58)71(7,8)9)49-66(72-65)60-33-29-31-55(47-60)35-37-62-53-68(74-43-25-21-17-11-2)57(15-6)51-70(62)76-45-27-23-19-13-4/h5-6,28-33,38-41,46-53H,10-13,16-27,42-45H2,1-4,7-9H3. The van der Waals surface area contributed by atoms with E-state index in [2.05, 4.69) is 145 Å². The van der Waals surface area contributed by atoms with Crippen LogP contribution in [0.3, 0.4) is 0 Å². The van der Waals surface area contributed by atoms with Gasteiger partial charge in [0.25, 0.3) is 0 Å². The van der Waals surface area contributed by atoms with Crippen molar-refractivity contribution in [3.05, 3.63) is 148 Å². The highest BCUT2D eigenvalue weighted by atomic mass is 16.5. The summed E-state index contributed by atoms with van der Waals surface area (Å²) in [7, 11) is 0. The number of unbranched alkanes of at least 4 members (excludes halogenated alkanes) is 12. The molecule has 0 radical (unpaired) electrons. The topological polar surface area (TPSA) is 49.8 Å². The third kappa shape index (κ3) is 17.9. The first kappa shape index (κ1) is 58.0. The molecule has 6 rings (SSSR count). The minimum atomic E-state index is 0.0253. The fraction of sp³-hybridized carbons (Fsp3) is 0.394. The van der Waals surface area contributed by atoms with Crippen molar-refractivity contribution in [3.63, 3.8) is 0 Å². The Bertz CT molecular complexity index is 2830. The second kappa shape index (κ2) is 30.9. The lowest BCUT2D eigenvalue weighted by atomic mass is 9.86. The summed E-state index contributed by atoms with van der Waals surface area (Å²) in [5.41, 5.74) is 11.6. The number of aromatic nitrogens is 1. The lowest BCUT2D eigenvalue weighted by molar-refractivity contribution is 0.295. The van der Waals surface area contributed by atoms with Crippen molar-refractivity contribution in [1.82, 2.24) is 4.98 Å². The van der Waals surface area contributed by atoms with Gasteiger partial charge in [0.2, 0.25) is 0 Å². The summed E-state index contributed by atoms with van der Waals surface area (Å²) >= 11 is 0. The first-order valence-corrected chi connectivity index (χ1v) is 28.3. The monoisotopic (exact) mass is 1010 g/mol. The first-order chi connectivity index (χ1) is 37.1. The van der Waals surface area contributed by atoms with Gasteiger partial charge < -0.3 is 18.9 Å². The maximum atomic E-state index is 6.38. The highest BCUT2D eigenvalue weighted by Crippen LogP contribution is 2.34. The van der Waals surface area contributed by atoms with Crippen LogP contribution in [0.5, 0.6) is 23.0 Å². The molecule has 6 aromatic rings. The molecule has 0 aliphatic rings. The number of rotatable bonds is 27. The maximum Gasteiger partial charge on any atom is 0.136 e. The molecular formula is C71H81NO4. The fourth-order valence-electron chi connectivity index (χ4n) is 8.81. The zero-order chi connectivity index (χ0) is 54.0. The van der Waals surface area contributed by atoms with Gasteiger partial charge in [0.05, 0.1) is 60.1 Å². The lowest BCUT2D eigenvalue weighted by Gasteiger charge is -2.19. The first-order valence-electron chi connectivity index (χ1n) is 28.3. The van der Waals surface area contributed by atoms with Crippen LogP contribution in [0.1, 0.15) is 190 Å². The Morgan fingerprint density at radius 3 is 1.11 bits per heavy atom. The predicted molar refractivity (Wildman–Crippen MR) is 319 cm³/mol. The third-order valence-corrected chi connectivity index (χ3v) is 13.4. The summed E-state index contributed by atoms with van der Waals surface area (Å²) in [4.78, 5) is 5.36. The average Bonchev–Trinajstić information content (AvgIpc) is 3.44. The molecule has 1 heterocycles. The van der Waals surface area contributed by atoms with E-state index in [-0.39, 0.29) is 5.41 Å². The van der Waals surface area contributed by atoms with E-state index < -0.39 is 0 Å². The number of terminal acetylenes is 2. The molecule has 76 heavy (non-hydrogen) atoms. The second-order valence-electron chi connectivity index (χ2n) is 20.7. The van der Waals surface area contributed by atoms with Crippen LogP contribution < -0.4 is 18.9 Å². The minimum Gasteiger partial charge on any atom is -0.492 e.